The highest BCUT2D eigenvalue weighted by Crippen LogP contribution is 2.30. The van der Waals surface area contributed by atoms with Crippen molar-refractivity contribution in [2.24, 2.45) is 5.92 Å². The molecule has 2 aliphatic rings. The predicted octanol–water partition coefficient (Wildman–Crippen LogP) is 2.77. The van der Waals surface area contributed by atoms with Gasteiger partial charge in [-0.1, -0.05) is 0 Å². The van der Waals surface area contributed by atoms with Crippen molar-refractivity contribution in [1.29, 1.82) is 0 Å². The molecule has 3 N–H and O–H groups in total. The lowest BCUT2D eigenvalue weighted by Gasteiger charge is -2.39. The first-order valence-electron chi connectivity index (χ1n) is 10.5. The number of hydrogen-bond donors (Lipinski definition) is 3. The van der Waals surface area contributed by atoms with E-state index >= 15 is 0 Å². The van der Waals surface area contributed by atoms with Gasteiger partial charge in [0.25, 0.3) is 5.91 Å². The summed E-state index contributed by atoms with van der Waals surface area (Å²) >= 11 is 0. The maximum atomic E-state index is 13.6. The van der Waals surface area contributed by atoms with Crippen LogP contribution in [-0.4, -0.2) is 43.6 Å². The number of nitrogens with one attached hydrogen (secondary N) is 3. The standard InChI is InChI=1S/C22H32FN3O3/c1-22(8-3-9-22)26-20(27)14-24-18-6-4-15(5-7-18)13-25-21(28)16-10-17(23)12-19(11-16)29-2/h10-12,15,18,24H,3-9,13-14H2,1-2H3,(H,25,28)(H,26,27). The quantitative estimate of drug-likeness (QED) is 0.621. The van der Waals surface area contributed by atoms with Gasteiger partial charge in [0.15, 0.2) is 0 Å². The molecule has 1 aromatic carbocycles. The van der Waals surface area contributed by atoms with Gasteiger partial charge in [0.05, 0.1) is 13.7 Å². The van der Waals surface area contributed by atoms with Crippen molar-refractivity contribution in [1.82, 2.24) is 16.0 Å². The number of carbonyl (C=O) groups excluding carboxylic acids is 2. The van der Waals surface area contributed by atoms with Gasteiger partial charge in [-0.15, -0.1) is 0 Å². The minimum atomic E-state index is -0.489. The van der Waals surface area contributed by atoms with Gasteiger partial charge in [-0.25, -0.2) is 4.39 Å². The Balaban J connectivity index is 1.35. The normalized spacial score (nSPS) is 23.0. The van der Waals surface area contributed by atoms with E-state index in [1.165, 1.54) is 31.7 Å². The van der Waals surface area contributed by atoms with E-state index in [9.17, 15) is 14.0 Å². The molecule has 1 aromatic rings. The highest BCUT2D eigenvalue weighted by atomic mass is 19.1. The van der Waals surface area contributed by atoms with E-state index in [0.29, 0.717) is 30.8 Å². The summed E-state index contributed by atoms with van der Waals surface area (Å²) in [5.74, 6) is 0.0278. The molecule has 7 heteroatoms. The maximum absolute atomic E-state index is 13.6. The molecule has 0 bridgehead atoms. The molecule has 0 saturated heterocycles. The van der Waals surface area contributed by atoms with Crippen molar-refractivity contribution in [3.8, 4) is 5.75 Å². The number of ether oxygens (including phenoxy) is 1. The number of rotatable bonds is 8. The molecule has 3 rings (SSSR count). The smallest absolute Gasteiger partial charge is 0.251 e. The highest BCUT2D eigenvalue weighted by molar-refractivity contribution is 5.94. The molecule has 160 valence electrons. The fourth-order valence-electron chi connectivity index (χ4n) is 4.17. The zero-order valence-corrected chi connectivity index (χ0v) is 17.4. The van der Waals surface area contributed by atoms with E-state index < -0.39 is 5.82 Å². The third kappa shape index (κ3) is 6.16. The molecule has 0 radical (unpaired) electrons. The van der Waals surface area contributed by atoms with Crippen molar-refractivity contribution in [3.63, 3.8) is 0 Å². The van der Waals surface area contributed by atoms with Crippen molar-refractivity contribution < 1.29 is 18.7 Å². The van der Waals surface area contributed by atoms with Crippen LogP contribution in [-0.2, 0) is 4.79 Å². The van der Waals surface area contributed by atoms with Crippen molar-refractivity contribution in [2.75, 3.05) is 20.2 Å². The molecular formula is C22H32FN3O3. The molecule has 0 aliphatic heterocycles. The van der Waals surface area contributed by atoms with E-state index in [1.54, 1.807) is 0 Å². The summed E-state index contributed by atoms with van der Waals surface area (Å²) in [6.07, 6.45) is 7.28. The first kappa shape index (κ1) is 21.6. The highest BCUT2D eigenvalue weighted by Gasteiger charge is 2.33. The van der Waals surface area contributed by atoms with Crippen LogP contribution in [0.3, 0.4) is 0 Å². The summed E-state index contributed by atoms with van der Waals surface area (Å²) in [6, 6.07) is 4.34. The average molecular weight is 406 g/mol. The number of halogens is 1. The summed E-state index contributed by atoms with van der Waals surface area (Å²) in [5.41, 5.74) is 0.267. The second-order valence-corrected chi connectivity index (χ2v) is 8.65. The van der Waals surface area contributed by atoms with Crippen LogP contribution >= 0.6 is 0 Å². The fourth-order valence-corrected chi connectivity index (χ4v) is 4.17. The van der Waals surface area contributed by atoms with Crippen LogP contribution in [0, 0.1) is 11.7 Å². The van der Waals surface area contributed by atoms with Crippen LogP contribution in [0.15, 0.2) is 18.2 Å². The third-order valence-corrected chi connectivity index (χ3v) is 6.22. The summed E-state index contributed by atoms with van der Waals surface area (Å²) in [5, 5.41) is 9.39. The van der Waals surface area contributed by atoms with Gasteiger partial charge >= 0.3 is 0 Å². The summed E-state index contributed by atoms with van der Waals surface area (Å²) in [7, 11) is 1.44. The van der Waals surface area contributed by atoms with E-state index in [4.69, 9.17) is 4.74 Å². The monoisotopic (exact) mass is 405 g/mol. The maximum Gasteiger partial charge on any atom is 0.251 e. The second-order valence-electron chi connectivity index (χ2n) is 8.65. The van der Waals surface area contributed by atoms with Crippen LogP contribution in [0.1, 0.15) is 62.2 Å². The van der Waals surface area contributed by atoms with Crippen molar-refractivity contribution >= 4 is 11.8 Å². The Hall–Kier alpha value is -2.15. The van der Waals surface area contributed by atoms with Gasteiger partial charge in [-0.2, -0.15) is 0 Å². The van der Waals surface area contributed by atoms with Crippen LogP contribution in [0.4, 0.5) is 4.39 Å². The van der Waals surface area contributed by atoms with Gasteiger partial charge in [0.2, 0.25) is 5.91 Å². The topological polar surface area (TPSA) is 79.5 Å². The molecule has 29 heavy (non-hydrogen) atoms. The molecule has 2 fully saturated rings. The molecule has 2 amide bonds. The number of hydrogen-bond acceptors (Lipinski definition) is 4. The van der Waals surface area contributed by atoms with Crippen LogP contribution in [0.25, 0.3) is 0 Å². The summed E-state index contributed by atoms with van der Waals surface area (Å²) in [6.45, 7) is 3.04. The average Bonchev–Trinajstić information content (AvgIpc) is 2.69. The molecule has 0 atom stereocenters. The Labute approximate surface area is 172 Å². The lowest BCUT2D eigenvalue weighted by Crippen LogP contribution is -2.53. The Morgan fingerprint density at radius 1 is 1.17 bits per heavy atom. The number of benzene rings is 1. The van der Waals surface area contributed by atoms with Gasteiger partial charge in [-0.05, 0) is 69.9 Å². The number of carbonyl (C=O) groups is 2. The van der Waals surface area contributed by atoms with Crippen molar-refractivity contribution in [2.45, 2.75) is 63.5 Å². The van der Waals surface area contributed by atoms with E-state index in [1.807, 2.05) is 0 Å². The Kier molecular flexibility index (Phi) is 7.11. The Morgan fingerprint density at radius 3 is 2.52 bits per heavy atom. The summed E-state index contributed by atoms with van der Waals surface area (Å²) in [4.78, 5) is 24.4. The molecule has 0 unspecified atom stereocenters. The first-order chi connectivity index (χ1) is 13.9. The van der Waals surface area contributed by atoms with Crippen LogP contribution in [0.5, 0.6) is 5.75 Å². The zero-order valence-electron chi connectivity index (χ0n) is 17.4. The minimum absolute atomic E-state index is 0.000315. The van der Waals surface area contributed by atoms with Crippen LogP contribution < -0.4 is 20.7 Å². The molecule has 0 aromatic heterocycles. The first-order valence-corrected chi connectivity index (χ1v) is 10.5. The molecule has 2 saturated carbocycles. The van der Waals surface area contributed by atoms with Gasteiger partial charge in [0, 0.05) is 29.8 Å². The molecule has 0 heterocycles. The fraction of sp³-hybridized carbons (Fsp3) is 0.636. The minimum Gasteiger partial charge on any atom is -0.497 e. The Bertz CT molecular complexity index is 728. The molecule has 6 nitrogen and oxygen atoms in total. The SMILES string of the molecule is COc1cc(F)cc(C(=O)NCC2CCC(NCC(=O)NC3(C)CCC3)CC2)c1. The predicted molar refractivity (Wildman–Crippen MR) is 109 cm³/mol. The van der Waals surface area contributed by atoms with Crippen molar-refractivity contribution in [3.05, 3.63) is 29.6 Å². The largest absolute Gasteiger partial charge is 0.497 e. The van der Waals surface area contributed by atoms with Gasteiger partial charge in [-0.3, -0.25) is 9.59 Å². The second kappa shape index (κ2) is 9.57. The summed E-state index contributed by atoms with van der Waals surface area (Å²) < 4.78 is 18.6. The molecular weight excluding hydrogens is 373 g/mol. The lowest BCUT2D eigenvalue weighted by atomic mass is 9.78. The van der Waals surface area contributed by atoms with E-state index in [-0.39, 0.29) is 22.9 Å². The zero-order chi connectivity index (χ0) is 20.9. The number of amides is 2. The van der Waals surface area contributed by atoms with Gasteiger partial charge in [0.1, 0.15) is 11.6 Å². The third-order valence-electron chi connectivity index (χ3n) is 6.22. The molecule has 0 spiro atoms. The Morgan fingerprint density at radius 2 is 1.90 bits per heavy atom. The number of methoxy groups -OCH3 is 1. The van der Waals surface area contributed by atoms with E-state index in [2.05, 4.69) is 22.9 Å². The molecule has 2 aliphatic carbocycles. The van der Waals surface area contributed by atoms with E-state index in [0.717, 1.165) is 38.5 Å². The van der Waals surface area contributed by atoms with Crippen LogP contribution in [0.2, 0.25) is 0 Å². The lowest BCUT2D eigenvalue weighted by molar-refractivity contribution is -0.123. The van der Waals surface area contributed by atoms with Gasteiger partial charge < -0.3 is 20.7 Å².